The van der Waals surface area contributed by atoms with Gasteiger partial charge in [-0.25, -0.2) is 0 Å². The Kier molecular flexibility index (Phi) is 4.77. The molecule has 0 aliphatic carbocycles. The third kappa shape index (κ3) is 3.20. The van der Waals surface area contributed by atoms with E-state index in [9.17, 15) is 4.79 Å². The number of carbonyl (C=O) groups excluding carboxylic acids is 1. The second kappa shape index (κ2) is 5.89. The molecule has 0 unspecified atom stereocenters. The van der Waals surface area contributed by atoms with Crippen molar-refractivity contribution in [2.45, 2.75) is 6.92 Å². The molecular formula is C10H10NiO2S. The van der Waals surface area contributed by atoms with Gasteiger partial charge in [0, 0.05) is 0 Å². The number of esters is 1. The molecule has 0 N–H and O–H groups in total. The Morgan fingerprint density at radius 1 is 1.71 bits per heavy atom. The number of hydrogen-bond donors (Lipinski definition) is 0. The van der Waals surface area contributed by atoms with Gasteiger partial charge in [0.25, 0.3) is 0 Å². The molecule has 0 amide bonds. The fraction of sp³-hybridized carbons (Fsp3) is 0.200. The second-order valence-electron chi connectivity index (χ2n) is 2.43. The summed E-state index contributed by atoms with van der Waals surface area (Å²) in [5.74, 6) is -0.262. The molecule has 0 fully saturated rings. The Morgan fingerprint density at radius 2 is 2.50 bits per heavy atom. The molecule has 1 rings (SSSR count). The van der Waals surface area contributed by atoms with Crippen LogP contribution in [0.25, 0.3) is 6.08 Å². The van der Waals surface area contributed by atoms with Crippen LogP contribution < -0.4 is 0 Å². The van der Waals surface area contributed by atoms with Crippen molar-refractivity contribution in [3.05, 3.63) is 28.0 Å². The van der Waals surface area contributed by atoms with E-state index >= 15 is 0 Å². The zero-order valence-corrected chi connectivity index (χ0v) is 9.44. The summed E-state index contributed by atoms with van der Waals surface area (Å²) < 4.78 is 4.87. The van der Waals surface area contributed by atoms with Crippen LogP contribution in [-0.4, -0.2) is 17.6 Å². The first kappa shape index (κ1) is 11.3. The van der Waals surface area contributed by atoms with Crippen LogP contribution in [0.2, 0.25) is 0 Å². The van der Waals surface area contributed by atoms with E-state index in [2.05, 4.69) is 15.0 Å². The first-order valence-corrected chi connectivity index (χ1v) is 5.55. The van der Waals surface area contributed by atoms with Crippen molar-refractivity contribution >= 4 is 28.4 Å². The van der Waals surface area contributed by atoms with E-state index in [1.165, 1.54) is 11.3 Å². The monoisotopic (exact) mass is 252 g/mol. The van der Waals surface area contributed by atoms with Gasteiger partial charge in [-0.3, -0.25) is 0 Å². The van der Waals surface area contributed by atoms with E-state index in [1.54, 1.807) is 24.1 Å². The summed E-state index contributed by atoms with van der Waals surface area (Å²) in [6.07, 6.45) is 3.64. The van der Waals surface area contributed by atoms with Gasteiger partial charge in [0.2, 0.25) is 0 Å². The van der Waals surface area contributed by atoms with Gasteiger partial charge in [-0.2, -0.15) is 0 Å². The average molecular weight is 253 g/mol. The first-order valence-electron chi connectivity index (χ1n) is 4.10. The summed E-state index contributed by atoms with van der Waals surface area (Å²) in [6, 6.07) is 1.79. The van der Waals surface area contributed by atoms with Crippen molar-refractivity contribution in [3.63, 3.8) is 0 Å². The summed E-state index contributed by atoms with van der Waals surface area (Å²) in [7, 11) is 0. The molecule has 4 heteroatoms. The molecule has 0 spiro atoms. The van der Waals surface area contributed by atoms with Crippen LogP contribution in [0, 0.1) is 0 Å². The Balaban J connectivity index is 2.72. The number of carbonyl (C=O) groups is 1. The molecule has 78 valence electrons. The topological polar surface area (TPSA) is 26.3 Å². The first-order chi connectivity index (χ1) is 6.77. The zero-order chi connectivity index (χ0) is 10.4. The van der Waals surface area contributed by atoms with Crippen molar-refractivity contribution in [1.29, 1.82) is 0 Å². The number of thiophene rings is 1. The van der Waals surface area contributed by atoms with Gasteiger partial charge in [0.1, 0.15) is 0 Å². The van der Waals surface area contributed by atoms with Crippen LogP contribution in [0.5, 0.6) is 0 Å². The second-order valence-corrected chi connectivity index (χ2v) is 3.67. The molecule has 0 atom stereocenters. The van der Waals surface area contributed by atoms with E-state index in [1.807, 2.05) is 11.5 Å². The normalized spacial score (nSPS) is 10.5. The molecule has 0 saturated carbocycles. The molecule has 1 aromatic heterocycles. The number of ether oxygens (including phenoxy) is 1. The maximum absolute atomic E-state index is 11.3. The number of rotatable bonds is 4. The van der Waals surface area contributed by atoms with Crippen LogP contribution in [-0.2, 0) is 19.8 Å². The van der Waals surface area contributed by atoms with E-state index in [0.717, 1.165) is 5.56 Å². The van der Waals surface area contributed by atoms with Gasteiger partial charge < -0.3 is 0 Å². The van der Waals surface area contributed by atoms with E-state index in [-0.39, 0.29) is 5.97 Å². The molecular weight excluding hydrogens is 243 g/mol. The van der Waals surface area contributed by atoms with E-state index in [4.69, 9.17) is 4.74 Å². The molecule has 14 heavy (non-hydrogen) atoms. The Bertz CT molecular complexity index is 355. The van der Waals surface area contributed by atoms with Gasteiger partial charge in [0.15, 0.2) is 0 Å². The van der Waals surface area contributed by atoms with E-state index in [0.29, 0.717) is 11.5 Å². The Morgan fingerprint density at radius 3 is 3.14 bits per heavy atom. The Labute approximate surface area is 94.5 Å². The molecule has 0 saturated heterocycles. The summed E-state index contributed by atoms with van der Waals surface area (Å²) in [4.78, 5) is 13.5. The van der Waals surface area contributed by atoms with Gasteiger partial charge in [0.05, 0.1) is 0 Å². The predicted octanol–water partition coefficient (Wildman–Crippen LogP) is 2.29. The van der Waals surface area contributed by atoms with Crippen molar-refractivity contribution in [1.82, 2.24) is 0 Å². The van der Waals surface area contributed by atoms with Gasteiger partial charge >= 0.3 is 94.4 Å². The number of hydrogen-bond acceptors (Lipinski definition) is 3. The number of allylic oxidation sites excluding steroid dienone is 1. The predicted molar refractivity (Wildman–Crippen MR) is 55.4 cm³/mol. The SMILES string of the molecule is CCOC(=O)c1cc(/C=C\[CH]=[Ni])cs1. The summed E-state index contributed by atoms with van der Waals surface area (Å²) in [6.45, 7) is 2.20. The van der Waals surface area contributed by atoms with Crippen LogP contribution in [0.15, 0.2) is 17.5 Å². The standard InChI is InChI=1S/C10H10O2S.Ni/c1-3-5-8-6-9(13-7-8)10(11)12-4-2;/h1,3,5-7H,4H2,2H3;/b5-3-;. The van der Waals surface area contributed by atoms with Crippen molar-refractivity contribution in [3.8, 4) is 0 Å². The third-order valence-electron chi connectivity index (χ3n) is 1.45. The molecule has 0 bridgehead atoms. The Hall–Kier alpha value is -0.726. The minimum absolute atomic E-state index is 0.262. The summed E-state index contributed by atoms with van der Waals surface area (Å²) >= 11 is 5.76. The van der Waals surface area contributed by atoms with Crippen LogP contribution >= 0.6 is 11.3 Å². The van der Waals surface area contributed by atoms with Crippen LogP contribution in [0.4, 0.5) is 0 Å². The average Bonchev–Trinajstić information content (AvgIpc) is 2.63. The van der Waals surface area contributed by atoms with Gasteiger partial charge in [-0.1, -0.05) is 0 Å². The third-order valence-corrected chi connectivity index (χ3v) is 2.56. The molecule has 0 aliphatic rings. The summed E-state index contributed by atoms with van der Waals surface area (Å²) in [5.41, 5.74) is 0.978. The van der Waals surface area contributed by atoms with Crippen LogP contribution in [0.1, 0.15) is 22.2 Å². The molecule has 2 nitrogen and oxygen atoms in total. The molecule has 0 radical (unpaired) electrons. The van der Waals surface area contributed by atoms with Crippen molar-refractivity contribution < 1.29 is 24.6 Å². The van der Waals surface area contributed by atoms with E-state index < -0.39 is 0 Å². The van der Waals surface area contributed by atoms with Crippen molar-refractivity contribution in [2.24, 2.45) is 0 Å². The quantitative estimate of drug-likeness (QED) is 0.607. The zero-order valence-electron chi connectivity index (χ0n) is 7.63. The maximum atomic E-state index is 11.3. The van der Waals surface area contributed by atoms with Gasteiger partial charge in [-0.15, -0.1) is 0 Å². The van der Waals surface area contributed by atoms with Crippen molar-refractivity contribution in [2.75, 3.05) is 6.61 Å². The van der Waals surface area contributed by atoms with Crippen LogP contribution in [0.3, 0.4) is 0 Å². The van der Waals surface area contributed by atoms with Gasteiger partial charge in [-0.05, 0) is 0 Å². The fourth-order valence-electron chi connectivity index (χ4n) is 0.889. The summed E-state index contributed by atoms with van der Waals surface area (Å²) in [5, 5.41) is 1.90. The minimum atomic E-state index is -0.262. The molecule has 1 heterocycles. The molecule has 0 aliphatic heterocycles. The molecule has 0 aromatic carbocycles. The fourth-order valence-corrected chi connectivity index (χ4v) is 1.75. The molecule has 1 aromatic rings.